The zero-order chi connectivity index (χ0) is 22.7. The summed E-state index contributed by atoms with van der Waals surface area (Å²) in [6.07, 6.45) is 0.816. The lowest BCUT2D eigenvalue weighted by molar-refractivity contribution is 0.0602. The van der Waals surface area contributed by atoms with Crippen molar-refractivity contribution in [1.82, 2.24) is 9.78 Å². The number of ether oxygens (including phenoxy) is 1. The average Bonchev–Trinajstić information content (AvgIpc) is 3.26. The normalized spacial score (nSPS) is 10.8. The largest absolute Gasteiger partial charge is 0.465 e. The SMILES string of the molecule is CCc1cc(C(=O)OC)c(NC(=S)Nc2c(C)nn(Cc3ccc(Cl)c(Cl)c3)c2C)s1. The van der Waals surface area contributed by atoms with E-state index in [9.17, 15) is 4.79 Å². The van der Waals surface area contributed by atoms with E-state index < -0.39 is 5.97 Å². The van der Waals surface area contributed by atoms with Crippen LogP contribution in [0.2, 0.25) is 10.0 Å². The van der Waals surface area contributed by atoms with Gasteiger partial charge in [0, 0.05) is 4.88 Å². The van der Waals surface area contributed by atoms with E-state index >= 15 is 0 Å². The number of nitrogens with one attached hydrogen (secondary N) is 2. The highest BCUT2D eigenvalue weighted by Crippen LogP contribution is 2.30. The summed E-state index contributed by atoms with van der Waals surface area (Å²) in [5, 5.41) is 13.0. The third-order valence-corrected chi connectivity index (χ3v) is 6.84. The predicted octanol–water partition coefficient (Wildman–Crippen LogP) is 6.07. The molecule has 0 radical (unpaired) electrons. The maximum atomic E-state index is 12.1. The number of thiocarbonyl (C=S) groups is 1. The van der Waals surface area contributed by atoms with Crippen LogP contribution in [-0.4, -0.2) is 28.0 Å². The van der Waals surface area contributed by atoms with E-state index in [4.69, 9.17) is 40.2 Å². The molecule has 0 aliphatic rings. The molecule has 0 atom stereocenters. The molecule has 1 aromatic carbocycles. The highest BCUT2D eigenvalue weighted by molar-refractivity contribution is 7.80. The smallest absolute Gasteiger partial charge is 0.340 e. The maximum Gasteiger partial charge on any atom is 0.340 e. The van der Waals surface area contributed by atoms with Gasteiger partial charge < -0.3 is 15.4 Å². The summed E-state index contributed by atoms with van der Waals surface area (Å²) in [5.74, 6) is -0.400. The summed E-state index contributed by atoms with van der Waals surface area (Å²) in [6, 6.07) is 7.34. The Bertz CT molecular complexity index is 1140. The van der Waals surface area contributed by atoms with E-state index in [0.29, 0.717) is 32.3 Å². The Hall–Kier alpha value is -2.13. The maximum absolute atomic E-state index is 12.1. The van der Waals surface area contributed by atoms with Crippen LogP contribution in [0.4, 0.5) is 10.7 Å². The fourth-order valence-electron chi connectivity index (χ4n) is 3.06. The van der Waals surface area contributed by atoms with Gasteiger partial charge in [0.05, 0.1) is 46.3 Å². The minimum Gasteiger partial charge on any atom is -0.465 e. The third kappa shape index (κ3) is 5.38. The molecular weight excluding hydrogens is 475 g/mol. The third-order valence-electron chi connectivity index (χ3n) is 4.70. The first kappa shape index (κ1) is 23.5. The Kier molecular flexibility index (Phi) is 7.59. The van der Waals surface area contributed by atoms with E-state index in [2.05, 4.69) is 15.7 Å². The van der Waals surface area contributed by atoms with E-state index in [1.165, 1.54) is 18.4 Å². The van der Waals surface area contributed by atoms with Crippen LogP contribution in [0.25, 0.3) is 0 Å². The Morgan fingerprint density at radius 3 is 2.61 bits per heavy atom. The molecule has 6 nitrogen and oxygen atoms in total. The van der Waals surface area contributed by atoms with Crippen LogP contribution in [0.1, 0.15) is 39.1 Å². The molecule has 164 valence electrons. The first-order valence-corrected chi connectivity index (χ1v) is 11.5. The van der Waals surface area contributed by atoms with Crippen molar-refractivity contribution in [3.8, 4) is 0 Å². The number of nitrogens with zero attached hydrogens (tertiary/aromatic N) is 2. The van der Waals surface area contributed by atoms with Gasteiger partial charge in [-0.2, -0.15) is 5.10 Å². The highest BCUT2D eigenvalue weighted by atomic mass is 35.5. The number of hydrogen-bond acceptors (Lipinski definition) is 5. The second kappa shape index (κ2) is 9.99. The van der Waals surface area contributed by atoms with E-state index in [1.807, 2.05) is 43.7 Å². The van der Waals surface area contributed by atoms with Crippen molar-refractivity contribution in [2.24, 2.45) is 0 Å². The predicted molar refractivity (Wildman–Crippen MR) is 132 cm³/mol. The number of thiophene rings is 1. The fourth-order valence-corrected chi connectivity index (χ4v) is 4.64. The molecule has 3 aromatic rings. The second-order valence-corrected chi connectivity index (χ2v) is 9.19. The van der Waals surface area contributed by atoms with Crippen LogP contribution in [0.15, 0.2) is 24.3 Å². The highest BCUT2D eigenvalue weighted by Gasteiger charge is 2.19. The van der Waals surface area contributed by atoms with Gasteiger partial charge in [0.2, 0.25) is 0 Å². The lowest BCUT2D eigenvalue weighted by atomic mass is 10.2. The van der Waals surface area contributed by atoms with Crippen LogP contribution < -0.4 is 10.6 Å². The van der Waals surface area contributed by atoms with Gasteiger partial charge in [-0.15, -0.1) is 11.3 Å². The molecule has 0 aliphatic carbocycles. The van der Waals surface area contributed by atoms with Crippen LogP contribution in [0.5, 0.6) is 0 Å². The van der Waals surface area contributed by atoms with Crippen LogP contribution in [-0.2, 0) is 17.7 Å². The molecule has 0 saturated carbocycles. The molecule has 0 aliphatic heterocycles. The molecule has 0 saturated heterocycles. The Morgan fingerprint density at radius 1 is 1.23 bits per heavy atom. The monoisotopic (exact) mass is 496 g/mol. The average molecular weight is 497 g/mol. The number of hydrogen-bond donors (Lipinski definition) is 2. The number of rotatable bonds is 6. The molecule has 0 amide bonds. The first-order valence-electron chi connectivity index (χ1n) is 9.50. The van der Waals surface area contributed by atoms with Crippen LogP contribution in [0.3, 0.4) is 0 Å². The lowest BCUT2D eigenvalue weighted by Crippen LogP contribution is -2.20. The molecule has 0 unspecified atom stereocenters. The number of esters is 1. The summed E-state index contributed by atoms with van der Waals surface area (Å²) in [4.78, 5) is 13.1. The molecule has 2 aromatic heterocycles. The molecule has 0 spiro atoms. The Labute approximate surface area is 200 Å². The molecule has 0 bridgehead atoms. The topological polar surface area (TPSA) is 68.2 Å². The number of carbonyl (C=O) groups is 1. The zero-order valence-electron chi connectivity index (χ0n) is 17.5. The van der Waals surface area contributed by atoms with Crippen molar-refractivity contribution in [1.29, 1.82) is 0 Å². The fraction of sp³-hybridized carbons (Fsp3) is 0.286. The van der Waals surface area contributed by atoms with Gasteiger partial charge in [0.1, 0.15) is 5.00 Å². The minimum atomic E-state index is -0.400. The quantitative estimate of drug-likeness (QED) is 0.318. The van der Waals surface area contributed by atoms with E-state index in [0.717, 1.165) is 33.9 Å². The number of carbonyl (C=O) groups excluding carboxylic acids is 1. The van der Waals surface area contributed by atoms with Crippen molar-refractivity contribution in [2.45, 2.75) is 33.7 Å². The number of aromatic nitrogens is 2. The van der Waals surface area contributed by atoms with Crippen molar-refractivity contribution in [3.05, 3.63) is 61.7 Å². The first-order chi connectivity index (χ1) is 14.7. The van der Waals surface area contributed by atoms with Crippen molar-refractivity contribution in [2.75, 3.05) is 17.7 Å². The summed E-state index contributed by atoms with van der Waals surface area (Å²) in [5.41, 5.74) is 3.99. The van der Waals surface area contributed by atoms with Gasteiger partial charge >= 0.3 is 5.97 Å². The summed E-state index contributed by atoms with van der Waals surface area (Å²) >= 11 is 19.1. The number of halogens is 2. The molecule has 0 fully saturated rings. The molecule has 2 N–H and O–H groups in total. The molecular formula is C21H22Cl2N4O2S2. The number of aryl methyl sites for hydroxylation is 2. The zero-order valence-corrected chi connectivity index (χ0v) is 20.7. The Balaban J connectivity index is 1.77. The van der Waals surface area contributed by atoms with E-state index in [1.54, 1.807) is 6.07 Å². The standard InChI is InChI=1S/C21H22Cl2N4O2S2/c1-5-14-9-15(20(28)29-4)19(31-14)25-21(30)24-18-11(2)26-27(12(18)3)10-13-6-7-16(22)17(23)8-13/h6-9H,5,10H2,1-4H3,(H2,24,25,30). The van der Waals surface area contributed by atoms with Crippen LogP contribution in [0, 0.1) is 13.8 Å². The summed E-state index contributed by atoms with van der Waals surface area (Å²) < 4.78 is 6.76. The lowest BCUT2D eigenvalue weighted by Gasteiger charge is -2.11. The van der Waals surface area contributed by atoms with Crippen LogP contribution >= 0.6 is 46.8 Å². The number of benzene rings is 1. The molecule has 2 heterocycles. The van der Waals surface area contributed by atoms with Gasteiger partial charge in [-0.3, -0.25) is 4.68 Å². The van der Waals surface area contributed by atoms with E-state index in [-0.39, 0.29) is 0 Å². The number of methoxy groups -OCH3 is 1. The van der Waals surface area contributed by atoms with Crippen molar-refractivity contribution >= 4 is 68.5 Å². The van der Waals surface area contributed by atoms with Gasteiger partial charge in [-0.1, -0.05) is 36.2 Å². The van der Waals surface area contributed by atoms with Gasteiger partial charge in [-0.05, 0) is 56.2 Å². The molecule has 3 rings (SSSR count). The van der Waals surface area contributed by atoms with Gasteiger partial charge in [-0.25, -0.2) is 4.79 Å². The van der Waals surface area contributed by atoms with Gasteiger partial charge in [0.25, 0.3) is 0 Å². The Morgan fingerprint density at radius 2 is 1.97 bits per heavy atom. The second-order valence-electron chi connectivity index (χ2n) is 6.83. The minimum absolute atomic E-state index is 0.370. The molecule has 31 heavy (non-hydrogen) atoms. The van der Waals surface area contributed by atoms with Gasteiger partial charge in [0.15, 0.2) is 5.11 Å². The summed E-state index contributed by atoms with van der Waals surface area (Å²) in [6.45, 7) is 6.44. The summed E-state index contributed by atoms with van der Waals surface area (Å²) in [7, 11) is 1.36. The van der Waals surface area contributed by atoms with Crippen molar-refractivity contribution in [3.63, 3.8) is 0 Å². The van der Waals surface area contributed by atoms with Crippen molar-refractivity contribution < 1.29 is 9.53 Å². The molecule has 10 heteroatoms. The number of anilines is 2.